The van der Waals surface area contributed by atoms with Crippen LogP contribution in [-0.4, -0.2) is 22.3 Å². The Morgan fingerprint density at radius 3 is 3.00 bits per heavy atom. The van der Waals surface area contributed by atoms with Crippen molar-refractivity contribution in [1.29, 1.82) is 0 Å². The van der Waals surface area contributed by atoms with Crippen molar-refractivity contribution >= 4 is 5.82 Å². The third-order valence-corrected chi connectivity index (χ3v) is 2.47. The van der Waals surface area contributed by atoms with Gasteiger partial charge in [-0.05, 0) is 31.4 Å². The number of anilines is 1. The number of nitrogens with one attached hydrogen (secondary N) is 1. The second-order valence-corrected chi connectivity index (χ2v) is 3.45. The summed E-state index contributed by atoms with van der Waals surface area (Å²) in [6, 6.07) is 4.42. The smallest absolute Gasteiger partial charge is 0.148 e. The van der Waals surface area contributed by atoms with Gasteiger partial charge in [-0.25, -0.2) is 0 Å². The normalized spacial score (nSPS) is 27.5. The minimum Gasteiger partial charge on any atom is -0.364 e. The standard InChI is InChI=1S/C9H14N4/c10-7-3-1-4-8(7)12-9-5-2-6-11-13-9/h2,5-8H,1,3-4,10H2,(H,12,13). The number of hydrogen-bond acceptors (Lipinski definition) is 4. The molecule has 1 heterocycles. The summed E-state index contributed by atoms with van der Waals surface area (Å²) in [5.41, 5.74) is 5.92. The predicted octanol–water partition coefficient (Wildman–Crippen LogP) is 0.768. The van der Waals surface area contributed by atoms with Gasteiger partial charge in [0, 0.05) is 18.3 Å². The Morgan fingerprint density at radius 2 is 2.38 bits per heavy atom. The van der Waals surface area contributed by atoms with Gasteiger partial charge in [0.2, 0.25) is 0 Å². The molecule has 0 radical (unpaired) electrons. The molecule has 1 saturated carbocycles. The first kappa shape index (κ1) is 8.44. The Labute approximate surface area is 77.5 Å². The van der Waals surface area contributed by atoms with Crippen molar-refractivity contribution in [3.63, 3.8) is 0 Å². The minimum absolute atomic E-state index is 0.266. The molecule has 4 heteroatoms. The van der Waals surface area contributed by atoms with E-state index in [4.69, 9.17) is 5.73 Å². The fraction of sp³-hybridized carbons (Fsp3) is 0.556. The number of nitrogens with zero attached hydrogens (tertiary/aromatic N) is 2. The summed E-state index contributed by atoms with van der Waals surface area (Å²) < 4.78 is 0. The Kier molecular flexibility index (Phi) is 2.40. The average Bonchev–Trinajstić information content (AvgIpc) is 2.54. The highest BCUT2D eigenvalue weighted by molar-refractivity contribution is 5.33. The first-order chi connectivity index (χ1) is 6.36. The molecular formula is C9H14N4. The van der Waals surface area contributed by atoms with Crippen molar-refractivity contribution in [3.05, 3.63) is 18.3 Å². The summed E-state index contributed by atoms with van der Waals surface area (Å²) in [5.74, 6) is 0.824. The summed E-state index contributed by atoms with van der Waals surface area (Å²) >= 11 is 0. The van der Waals surface area contributed by atoms with Gasteiger partial charge in [0.1, 0.15) is 5.82 Å². The summed E-state index contributed by atoms with van der Waals surface area (Å²) in [4.78, 5) is 0. The maximum atomic E-state index is 5.92. The van der Waals surface area contributed by atoms with Crippen molar-refractivity contribution in [2.24, 2.45) is 5.73 Å². The molecule has 0 spiro atoms. The lowest BCUT2D eigenvalue weighted by atomic mass is 10.2. The van der Waals surface area contributed by atoms with E-state index in [1.807, 2.05) is 12.1 Å². The lowest BCUT2D eigenvalue weighted by molar-refractivity contribution is 0.634. The first-order valence-corrected chi connectivity index (χ1v) is 4.66. The zero-order valence-electron chi connectivity index (χ0n) is 7.48. The molecule has 0 amide bonds. The summed E-state index contributed by atoms with van der Waals surface area (Å²) in [6.07, 6.45) is 5.12. The monoisotopic (exact) mass is 178 g/mol. The molecule has 0 bridgehead atoms. The third kappa shape index (κ3) is 1.95. The van der Waals surface area contributed by atoms with Crippen molar-refractivity contribution in [2.45, 2.75) is 31.3 Å². The average molecular weight is 178 g/mol. The Morgan fingerprint density at radius 1 is 1.46 bits per heavy atom. The lowest BCUT2D eigenvalue weighted by Crippen LogP contribution is -2.35. The molecule has 0 aliphatic heterocycles. The molecule has 4 nitrogen and oxygen atoms in total. The second-order valence-electron chi connectivity index (χ2n) is 3.45. The fourth-order valence-electron chi connectivity index (χ4n) is 1.74. The maximum Gasteiger partial charge on any atom is 0.148 e. The van der Waals surface area contributed by atoms with Crippen LogP contribution in [0.4, 0.5) is 5.82 Å². The Hall–Kier alpha value is -1.16. The molecule has 3 N–H and O–H groups in total. The van der Waals surface area contributed by atoms with E-state index in [1.165, 1.54) is 6.42 Å². The van der Waals surface area contributed by atoms with Gasteiger partial charge >= 0.3 is 0 Å². The molecule has 0 aromatic carbocycles. The molecule has 1 aromatic rings. The van der Waals surface area contributed by atoms with E-state index in [1.54, 1.807) is 6.20 Å². The van der Waals surface area contributed by atoms with Crippen LogP contribution in [-0.2, 0) is 0 Å². The number of hydrogen-bond donors (Lipinski definition) is 2. The quantitative estimate of drug-likeness (QED) is 0.702. The van der Waals surface area contributed by atoms with Crippen LogP contribution in [0, 0.1) is 0 Å². The van der Waals surface area contributed by atoms with Crippen molar-refractivity contribution in [1.82, 2.24) is 10.2 Å². The van der Waals surface area contributed by atoms with Gasteiger partial charge in [-0.15, -0.1) is 5.10 Å². The lowest BCUT2D eigenvalue weighted by Gasteiger charge is -2.16. The predicted molar refractivity (Wildman–Crippen MR) is 51.3 cm³/mol. The van der Waals surface area contributed by atoms with Crippen molar-refractivity contribution in [3.8, 4) is 0 Å². The van der Waals surface area contributed by atoms with E-state index in [0.29, 0.717) is 6.04 Å². The van der Waals surface area contributed by atoms with Crippen LogP contribution in [0.25, 0.3) is 0 Å². The molecule has 2 rings (SSSR count). The van der Waals surface area contributed by atoms with Crippen LogP contribution in [0.2, 0.25) is 0 Å². The minimum atomic E-state index is 0.266. The van der Waals surface area contributed by atoms with Gasteiger partial charge in [-0.2, -0.15) is 5.10 Å². The third-order valence-electron chi connectivity index (χ3n) is 2.47. The molecule has 2 atom stereocenters. The van der Waals surface area contributed by atoms with E-state index in [9.17, 15) is 0 Å². The zero-order chi connectivity index (χ0) is 9.10. The maximum absolute atomic E-state index is 5.92. The van der Waals surface area contributed by atoms with Crippen molar-refractivity contribution in [2.75, 3.05) is 5.32 Å². The number of nitrogens with two attached hydrogens (primary N) is 1. The highest BCUT2D eigenvalue weighted by Crippen LogP contribution is 2.20. The van der Waals surface area contributed by atoms with E-state index in [0.717, 1.165) is 18.7 Å². The zero-order valence-corrected chi connectivity index (χ0v) is 7.48. The van der Waals surface area contributed by atoms with E-state index in [-0.39, 0.29) is 6.04 Å². The summed E-state index contributed by atoms with van der Waals surface area (Å²) in [5, 5.41) is 11.1. The van der Waals surface area contributed by atoms with Gasteiger partial charge in [-0.3, -0.25) is 0 Å². The molecular weight excluding hydrogens is 164 g/mol. The summed E-state index contributed by atoms with van der Waals surface area (Å²) in [6.45, 7) is 0. The topological polar surface area (TPSA) is 63.8 Å². The highest BCUT2D eigenvalue weighted by atomic mass is 15.2. The summed E-state index contributed by atoms with van der Waals surface area (Å²) in [7, 11) is 0. The first-order valence-electron chi connectivity index (χ1n) is 4.66. The van der Waals surface area contributed by atoms with Crippen LogP contribution < -0.4 is 11.1 Å². The highest BCUT2D eigenvalue weighted by Gasteiger charge is 2.23. The molecule has 1 aliphatic carbocycles. The Balaban J connectivity index is 1.98. The molecule has 0 saturated heterocycles. The van der Waals surface area contributed by atoms with Gasteiger partial charge in [0.05, 0.1) is 0 Å². The van der Waals surface area contributed by atoms with Crippen LogP contribution in [0.5, 0.6) is 0 Å². The molecule has 70 valence electrons. The van der Waals surface area contributed by atoms with Gasteiger partial charge in [0.25, 0.3) is 0 Å². The number of aromatic nitrogens is 2. The second kappa shape index (κ2) is 3.70. The van der Waals surface area contributed by atoms with Gasteiger partial charge in [0.15, 0.2) is 0 Å². The van der Waals surface area contributed by atoms with Gasteiger partial charge in [-0.1, -0.05) is 0 Å². The van der Waals surface area contributed by atoms with Crippen LogP contribution in [0.1, 0.15) is 19.3 Å². The SMILES string of the molecule is NC1CCCC1Nc1cccnn1. The van der Waals surface area contributed by atoms with Gasteiger partial charge < -0.3 is 11.1 Å². The molecule has 1 aromatic heterocycles. The number of rotatable bonds is 2. The van der Waals surface area contributed by atoms with E-state index < -0.39 is 0 Å². The molecule has 2 unspecified atom stereocenters. The fourth-order valence-corrected chi connectivity index (χ4v) is 1.74. The van der Waals surface area contributed by atoms with Crippen molar-refractivity contribution < 1.29 is 0 Å². The largest absolute Gasteiger partial charge is 0.364 e. The van der Waals surface area contributed by atoms with E-state index >= 15 is 0 Å². The van der Waals surface area contributed by atoms with E-state index in [2.05, 4.69) is 15.5 Å². The van der Waals surface area contributed by atoms with Crippen LogP contribution >= 0.6 is 0 Å². The molecule has 13 heavy (non-hydrogen) atoms. The van der Waals surface area contributed by atoms with Crippen LogP contribution in [0.15, 0.2) is 18.3 Å². The van der Waals surface area contributed by atoms with Crippen LogP contribution in [0.3, 0.4) is 0 Å². The Bertz CT molecular complexity index is 262. The molecule has 1 aliphatic rings. The molecule has 1 fully saturated rings.